The summed E-state index contributed by atoms with van der Waals surface area (Å²) in [5, 5.41) is 14.3. The van der Waals surface area contributed by atoms with Crippen LogP contribution in [0.3, 0.4) is 0 Å². The van der Waals surface area contributed by atoms with Crippen molar-refractivity contribution in [3.8, 4) is 0 Å². The first kappa shape index (κ1) is 20.7. The monoisotopic (exact) mass is 416 g/mol. The second-order valence-corrected chi connectivity index (χ2v) is 12.8. The Morgan fingerprint density at radius 2 is 1.79 bits per heavy atom. The van der Waals surface area contributed by atoms with Gasteiger partial charge in [-0.1, -0.05) is 36.7 Å². The molecule has 8 heteroatoms. The first-order valence-corrected chi connectivity index (χ1v) is 11.3. The average molecular weight is 417 g/mol. The number of hydrogen-bond acceptors (Lipinski definition) is 3. The van der Waals surface area contributed by atoms with Crippen molar-refractivity contribution in [1.82, 2.24) is 5.32 Å². The highest BCUT2D eigenvalue weighted by Crippen LogP contribution is 2.36. The van der Waals surface area contributed by atoms with Gasteiger partial charge in [0, 0.05) is 10.2 Å². The molecule has 0 aliphatic rings. The molecule has 1 unspecified atom stereocenters. The van der Waals surface area contributed by atoms with Gasteiger partial charge in [-0.3, -0.25) is 0 Å². The van der Waals surface area contributed by atoms with Crippen LogP contribution in [0, 0.1) is 0 Å². The third-order valence-corrected chi connectivity index (χ3v) is 9.15. The van der Waals surface area contributed by atoms with Crippen LogP contribution in [0.4, 0.5) is 10.5 Å². The topological polar surface area (TPSA) is 87.7 Å². The van der Waals surface area contributed by atoms with Crippen LogP contribution in [0.2, 0.25) is 18.1 Å². The summed E-state index contributed by atoms with van der Waals surface area (Å²) < 4.78 is 6.78. The fraction of sp³-hybridized carbons (Fsp3) is 0.500. The fourth-order valence-corrected chi connectivity index (χ4v) is 2.82. The van der Waals surface area contributed by atoms with E-state index < -0.39 is 26.4 Å². The summed E-state index contributed by atoms with van der Waals surface area (Å²) in [5.41, 5.74) is 0.574. The Balaban J connectivity index is 2.64. The van der Waals surface area contributed by atoms with E-state index in [1.165, 1.54) is 0 Å². The van der Waals surface area contributed by atoms with Gasteiger partial charge in [-0.05, 0) is 42.4 Å². The lowest BCUT2D eigenvalue weighted by Crippen LogP contribution is -2.50. The van der Waals surface area contributed by atoms with Crippen molar-refractivity contribution in [2.24, 2.45) is 0 Å². The molecule has 134 valence electrons. The Hall–Kier alpha value is -1.38. The van der Waals surface area contributed by atoms with Crippen molar-refractivity contribution in [1.29, 1.82) is 0 Å². The molecule has 0 fully saturated rings. The van der Waals surface area contributed by atoms with E-state index in [0.717, 1.165) is 4.47 Å². The van der Waals surface area contributed by atoms with Gasteiger partial charge in [-0.25, -0.2) is 9.59 Å². The molecule has 0 aliphatic carbocycles. The molecule has 6 nitrogen and oxygen atoms in total. The zero-order chi connectivity index (χ0) is 18.5. The molecule has 0 aromatic heterocycles. The van der Waals surface area contributed by atoms with Crippen molar-refractivity contribution < 1.29 is 19.1 Å². The van der Waals surface area contributed by atoms with E-state index in [0.29, 0.717) is 5.69 Å². The Labute approximate surface area is 152 Å². The lowest BCUT2D eigenvalue weighted by atomic mass is 10.2. The van der Waals surface area contributed by atoms with Gasteiger partial charge in [0.05, 0.1) is 6.61 Å². The van der Waals surface area contributed by atoms with E-state index >= 15 is 0 Å². The number of aliphatic carboxylic acids is 1. The fourth-order valence-electron chi connectivity index (χ4n) is 1.54. The molecular weight excluding hydrogens is 392 g/mol. The molecule has 0 bridgehead atoms. The summed E-state index contributed by atoms with van der Waals surface area (Å²) in [4.78, 5) is 23.4. The number of amides is 2. The minimum atomic E-state index is -2.09. The summed E-state index contributed by atoms with van der Waals surface area (Å²) >= 11 is 3.31. The molecular formula is C16H25BrN2O4Si. The van der Waals surface area contributed by atoms with Gasteiger partial charge in [0.25, 0.3) is 0 Å². The van der Waals surface area contributed by atoms with Crippen LogP contribution in [0.1, 0.15) is 20.8 Å². The Morgan fingerprint density at radius 1 is 1.25 bits per heavy atom. The van der Waals surface area contributed by atoms with Gasteiger partial charge in [0.1, 0.15) is 0 Å². The molecule has 1 rings (SSSR count). The largest absolute Gasteiger partial charge is 0.480 e. The van der Waals surface area contributed by atoms with Gasteiger partial charge in [0.15, 0.2) is 14.4 Å². The smallest absolute Gasteiger partial charge is 0.328 e. The van der Waals surface area contributed by atoms with Gasteiger partial charge >= 0.3 is 12.0 Å². The number of halogens is 1. The van der Waals surface area contributed by atoms with Crippen LogP contribution in [0.15, 0.2) is 28.7 Å². The number of rotatable bonds is 6. The molecule has 3 N–H and O–H groups in total. The van der Waals surface area contributed by atoms with E-state index in [9.17, 15) is 14.7 Å². The van der Waals surface area contributed by atoms with Gasteiger partial charge in [0.2, 0.25) is 0 Å². The number of urea groups is 1. The zero-order valence-corrected chi connectivity index (χ0v) is 17.2. The van der Waals surface area contributed by atoms with Crippen molar-refractivity contribution in [3.63, 3.8) is 0 Å². The number of benzene rings is 1. The van der Waals surface area contributed by atoms with E-state index in [1.807, 2.05) is 13.1 Å². The van der Waals surface area contributed by atoms with E-state index in [4.69, 9.17) is 4.43 Å². The molecule has 0 saturated carbocycles. The van der Waals surface area contributed by atoms with Crippen LogP contribution in [0.5, 0.6) is 0 Å². The molecule has 0 heterocycles. The Kier molecular flexibility index (Phi) is 7.00. The number of carboxylic acids is 1. The third-order valence-electron chi connectivity index (χ3n) is 4.12. The van der Waals surface area contributed by atoms with E-state index in [1.54, 1.807) is 24.3 Å². The van der Waals surface area contributed by atoms with Gasteiger partial charge in [-0.2, -0.15) is 0 Å². The lowest BCUT2D eigenvalue weighted by molar-refractivity contribution is -0.140. The van der Waals surface area contributed by atoms with Crippen LogP contribution in [0.25, 0.3) is 0 Å². The minimum Gasteiger partial charge on any atom is -0.480 e. The maximum atomic E-state index is 12.0. The zero-order valence-electron chi connectivity index (χ0n) is 14.6. The highest BCUT2D eigenvalue weighted by Gasteiger charge is 2.38. The first-order chi connectivity index (χ1) is 10.9. The second-order valence-electron chi connectivity index (χ2n) is 7.07. The van der Waals surface area contributed by atoms with Crippen molar-refractivity contribution in [3.05, 3.63) is 28.7 Å². The Bertz CT molecular complexity index is 585. The van der Waals surface area contributed by atoms with Crippen molar-refractivity contribution >= 4 is 41.9 Å². The number of nitrogens with one attached hydrogen (secondary N) is 2. The maximum absolute atomic E-state index is 12.0. The average Bonchev–Trinajstić information content (AvgIpc) is 2.44. The van der Waals surface area contributed by atoms with Gasteiger partial charge in [-0.15, -0.1) is 0 Å². The van der Waals surface area contributed by atoms with Crippen molar-refractivity contribution in [2.75, 3.05) is 11.9 Å². The second kappa shape index (κ2) is 8.13. The van der Waals surface area contributed by atoms with E-state index in [-0.39, 0.29) is 11.6 Å². The quantitative estimate of drug-likeness (QED) is 0.610. The number of carbonyl (C=O) groups excluding carboxylic acids is 1. The number of anilines is 1. The van der Waals surface area contributed by atoms with Crippen LogP contribution in [-0.4, -0.2) is 38.1 Å². The normalized spacial score (nSPS) is 13.2. The molecule has 24 heavy (non-hydrogen) atoms. The Morgan fingerprint density at radius 3 is 2.25 bits per heavy atom. The molecule has 0 radical (unpaired) electrons. The molecule has 0 spiro atoms. The minimum absolute atomic E-state index is 0.0320. The summed E-state index contributed by atoms with van der Waals surface area (Å²) in [5.74, 6) is -1.13. The molecule has 1 aromatic carbocycles. The number of carbonyl (C=O) groups is 2. The molecule has 1 atom stereocenters. The predicted molar refractivity (Wildman–Crippen MR) is 101 cm³/mol. The van der Waals surface area contributed by atoms with E-state index in [2.05, 4.69) is 47.3 Å². The highest BCUT2D eigenvalue weighted by atomic mass is 79.9. The number of carboxylic acid groups (broad SMARTS) is 1. The maximum Gasteiger partial charge on any atom is 0.328 e. The molecule has 1 aromatic rings. The third kappa shape index (κ3) is 6.25. The molecule has 2 amide bonds. The highest BCUT2D eigenvalue weighted by molar-refractivity contribution is 9.10. The summed E-state index contributed by atoms with van der Waals surface area (Å²) in [6.45, 7) is 10.2. The summed E-state index contributed by atoms with van der Waals surface area (Å²) in [6, 6.07) is 5.31. The summed E-state index contributed by atoms with van der Waals surface area (Å²) in [6.07, 6.45) is 0. The predicted octanol–water partition coefficient (Wildman–Crippen LogP) is 4.05. The van der Waals surface area contributed by atoms with Crippen LogP contribution < -0.4 is 10.6 Å². The van der Waals surface area contributed by atoms with Crippen LogP contribution in [-0.2, 0) is 9.22 Å². The standard InChI is InChI=1S/C16H25BrN2O4Si/c1-16(2,3)24(4,5)23-10-13(14(20)21)19-15(22)18-12-8-6-11(17)7-9-12/h6-9,13H,10H2,1-5H3,(H,20,21)(H2,18,19,22). The summed E-state index contributed by atoms with van der Waals surface area (Å²) in [7, 11) is -2.09. The number of hydrogen-bond donors (Lipinski definition) is 3. The van der Waals surface area contributed by atoms with Crippen LogP contribution >= 0.6 is 15.9 Å². The molecule has 0 saturated heterocycles. The first-order valence-electron chi connectivity index (χ1n) is 7.62. The molecule has 0 aliphatic heterocycles. The van der Waals surface area contributed by atoms with Crippen molar-refractivity contribution in [2.45, 2.75) is 44.9 Å². The van der Waals surface area contributed by atoms with Gasteiger partial charge < -0.3 is 20.2 Å². The lowest BCUT2D eigenvalue weighted by Gasteiger charge is -2.36. The SMILES string of the molecule is CC(C)(C)[Si](C)(C)OCC(NC(=O)Nc1ccc(Br)cc1)C(=O)O.